The zero-order valence-electron chi connectivity index (χ0n) is 12.0. The molecule has 1 aliphatic heterocycles. The van der Waals surface area contributed by atoms with Crippen molar-refractivity contribution in [2.45, 2.75) is 6.92 Å². The van der Waals surface area contributed by atoms with Crippen molar-refractivity contribution in [2.75, 3.05) is 37.2 Å². The first kappa shape index (κ1) is 15.5. The number of amides is 2. The number of hydrogen-bond donors (Lipinski definition) is 1. The number of benzene rings is 1. The van der Waals surface area contributed by atoms with Crippen molar-refractivity contribution in [1.82, 2.24) is 4.90 Å². The number of ether oxygens (including phenoxy) is 2. The molecule has 2 amide bonds. The van der Waals surface area contributed by atoms with Crippen LogP contribution in [-0.2, 0) is 9.59 Å². The quantitative estimate of drug-likeness (QED) is 0.864. The molecule has 0 aromatic heterocycles. The van der Waals surface area contributed by atoms with E-state index in [1.165, 1.54) is 16.7 Å². The Morgan fingerprint density at radius 1 is 1.43 bits per heavy atom. The summed E-state index contributed by atoms with van der Waals surface area (Å²) in [4.78, 5) is 24.9. The molecule has 6 nitrogen and oxygen atoms in total. The van der Waals surface area contributed by atoms with Gasteiger partial charge in [-0.3, -0.25) is 9.59 Å². The third-order valence-corrected chi connectivity index (χ3v) is 3.85. The summed E-state index contributed by atoms with van der Waals surface area (Å²) < 4.78 is 10.6. The lowest BCUT2D eigenvalue weighted by atomic mass is 10.2. The van der Waals surface area contributed by atoms with Gasteiger partial charge in [0.2, 0.25) is 11.8 Å². The second-order valence-corrected chi connectivity index (χ2v) is 5.37. The van der Waals surface area contributed by atoms with Crippen molar-refractivity contribution < 1.29 is 19.1 Å². The molecule has 0 radical (unpaired) electrons. The number of nitrogens with one attached hydrogen (secondary N) is 1. The van der Waals surface area contributed by atoms with Gasteiger partial charge in [0.25, 0.3) is 0 Å². The van der Waals surface area contributed by atoms with Gasteiger partial charge < -0.3 is 19.7 Å². The molecular weight excluding hydrogens is 292 g/mol. The number of methoxy groups -OCH3 is 1. The third kappa shape index (κ3) is 4.04. The summed E-state index contributed by atoms with van der Waals surface area (Å²) in [5.74, 6) is 1.98. The first-order valence-corrected chi connectivity index (χ1v) is 7.75. The van der Waals surface area contributed by atoms with E-state index in [-0.39, 0.29) is 18.4 Å². The molecule has 0 unspecified atom stereocenters. The average Bonchev–Trinajstić information content (AvgIpc) is 2.86. The normalized spacial score (nSPS) is 14.2. The number of rotatable bonds is 6. The minimum absolute atomic E-state index is 0.000533. The lowest BCUT2D eigenvalue weighted by Gasteiger charge is -2.15. The SMILES string of the molecule is CCOc1ccc(NC(=O)CN2CSCC2=O)cc1OC. The summed E-state index contributed by atoms with van der Waals surface area (Å²) in [6, 6.07) is 5.18. The molecule has 1 fully saturated rings. The molecule has 21 heavy (non-hydrogen) atoms. The minimum Gasteiger partial charge on any atom is -0.493 e. The molecule has 0 aliphatic carbocycles. The van der Waals surface area contributed by atoms with Crippen LogP contribution in [0.3, 0.4) is 0 Å². The summed E-state index contributed by atoms with van der Waals surface area (Å²) in [6.07, 6.45) is 0. The van der Waals surface area contributed by atoms with Gasteiger partial charge in [-0.25, -0.2) is 0 Å². The molecule has 7 heteroatoms. The molecule has 1 aliphatic rings. The second-order valence-electron chi connectivity index (χ2n) is 4.42. The van der Waals surface area contributed by atoms with Crippen molar-refractivity contribution in [3.8, 4) is 11.5 Å². The predicted octanol–water partition coefficient (Wildman–Crippen LogP) is 1.57. The number of thioether (sulfide) groups is 1. The number of anilines is 1. The van der Waals surface area contributed by atoms with Crippen molar-refractivity contribution in [2.24, 2.45) is 0 Å². The van der Waals surface area contributed by atoms with Gasteiger partial charge in [-0.15, -0.1) is 11.8 Å². The van der Waals surface area contributed by atoms with E-state index in [0.717, 1.165) is 0 Å². The van der Waals surface area contributed by atoms with Crippen LogP contribution < -0.4 is 14.8 Å². The Balaban J connectivity index is 1.98. The van der Waals surface area contributed by atoms with Gasteiger partial charge >= 0.3 is 0 Å². The van der Waals surface area contributed by atoms with E-state index < -0.39 is 0 Å². The highest BCUT2D eigenvalue weighted by atomic mass is 32.2. The monoisotopic (exact) mass is 310 g/mol. The summed E-state index contributed by atoms with van der Waals surface area (Å²) in [5.41, 5.74) is 0.611. The molecule has 1 aromatic rings. The topological polar surface area (TPSA) is 67.9 Å². The first-order chi connectivity index (χ1) is 10.1. The zero-order chi connectivity index (χ0) is 15.2. The summed E-state index contributed by atoms with van der Waals surface area (Å²) in [7, 11) is 1.55. The van der Waals surface area contributed by atoms with Crippen LogP contribution in [0.5, 0.6) is 11.5 Å². The molecule has 0 bridgehead atoms. The van der Waals surface area contributed by atoms with Gasteiger partial charge in [0.1, 0.15) is 6.54 Å². The molecule has 1 saturated heterocycles. The summed E-state index contributed by atoms with van der Waals surface area (Å²) in [6.45, 7) is 2.50. The van der Waals surface area contributed by atoms with Crippen LogP contribution in [-0.4, -0.2) is 48.6 Å². The summed E-state index contributed by atoms with van der Waals surface area (Å²) in [5, 5.41) is 2.76. The molecule has 114 valence electrons. The Labute approximate surface area is 127 Å². The van der Waals surface area contributed by atoms with Crippen LogP contribution >= 0.6 is 11.8 Å². The molecule has 2 rings (SSSR count). The number of carbonyl (C=O) groups is 2. The Morgan fingerprint density at radius 2 is 2.24 bits per heavy atom. The van der Waals surface area contributed by atoms with Crippen LogP contribution in [0.1, 0.15) is 6.92 Å². The van der Waals surface area contributed by atoms with E-state index in [4.69, 9.17) is 9.47 Å². The van der Waals surface area contributed by atoms with E-state index >= 15 is 0 Å². The molecule has 0 saturated carbocycles. The summed E-state index contributed by atoms with van der Waals surface area (Å²) >= 11 is 1.51. The van der Waals surface area contributed by atoms with Gasteiger partial charge in [-0.2, -0.15) is 0 Å². The van der Waals surface area contributed by atoms with Gasteiger partial charge in [-0.05, 0) is 19.1 Å². The maximum Gasteiger partial charge on any atom is 0.244 e. The average molecular weight is 310 g/mol. The van der Waals surface area contributed by atoms with Crippen LogP contribution in [0.25, 0.3) is 0 Å². The van der Waals surface area contributed by atoms with Crippen LogP contribution in [0.2, 0.25) is 0 Å². The van der Waals surface area contributed by atoms with Gasteiger partial charge in [-0.1, -0.05) is 0 Å². The molecule has 0 atom stereocenters. The molecule has 1 N–H and O–H groups in total. The van der Waals surface area contributed by atoms with Crippen LogP contribution in [0, 0.1) is 0 Å². The maximum absolute atomic E-state index is 11.9. The van der Waals surface area contributed by atoms with Gasteiger partial charge in [0.05, 0.1) is 25.3 Å². The van der Waals surface area contributed by atoms with Crippen molar-refractivity contribution in [3.63, 3.8) is 0 Å². The highest BCUT2D eigenvalue weighted by Crippen LogP contribution is 2.30. The molecule has 0 spiro atoms. The molecule has 1 aromatic carbocycles. The molecule has 1 heterocycles. The standard InChI is InChI=1S/C14H18N2O4S/c1-3-20-11-5-4-10(6-12(11)19-2)15-13(17)7-16-9-21-8-14(16)18/h4-6H,3,7-9H2,1-2H3,(H,15,17). The van der Waals surface area contributed by atoms with Gasteiger partial charge in [0.15, 0.2) is 11.5 Å². The zero-order valence-corrected chi connectivity index (χ0v) is 12.9. The van der Waals surface area contributed by atoms with E-state index in [1.54, 1.807) is 25.3 Å². The highest BCUT2D eigenvalue weighted by molar-refractivity contribution is 8.00. The second kappa shape index (κ2) is 7.21. The minimum atomic E-state index is -0.225. The van der Waals surface area contributed by atoms with Crippen molar-refractivity contribution in [3.05, 3.63) is 18.2 Å². The van der Waals surface area contributed by atoms with Crippen molar-refractivity contribution >= 4 is 29.3 Å². The van der Waals surface area contributed by atoms with E-state index in [0.29, 0.717) is 35.4 Å². The Kier molecular flexibility index (Phi) is 5.32. The van der Waals surface area contributed by atoms with Crippen LogP contribution in [0.4, 0.5) is 5.69 Å². The maximum atomic E-state index is 11.9. The fourth-order valence-corrected chi connectivity index (χ4v) is 2.84. The van der Waals surface area contributed by atoms with E-state index in [1.807, 2.05) is 6.92 Å². The Bertz CT molecular complexity index is 536. The fourth-order valence-electron chi connectivity index (χ4n) is 1.93. The van der Waals surface area contributed by atoms with Gasteiger partial charge in [0, 0.05) is 11.8 Å². The van der Waals surface area contributed by atoms with Crippen molar-refractivity contribution in [1.29, 1.82) is 0 Å². The van der Waals surface area contributed by atoms with E-state index in [2.05, 4.69) is 5.32 Å². The smallest absolute Gasteiger partial charge is 0.244 e. The Hall–Kier alpha value is -1.89. The fraction of sp³-hybridized carbons (Fsp3) is 0.429. The number of carbonyl (C=O) groups excluding carboxylic acids is 2. The first-order valence-electron chi connectivity index (χ1n) is 6.60. The highest BCUT2D eigenvalue weighted by Gasteiger charge is 2.22. The largest absolute Gasteiger partial charge is 0.493 e. The number of nitrogens with zero attached hydrogens (tertiary/aromatic N) is 1. The van der Waals surface area contributed by atoms with E-state index in [9.17, 15) is 9.59 Å². The van der Waals surface area contributed by atoms with Crippen LogP contribution in [0.15, 0.2) is 18.2 Å². The lowest BCUT2D eigenvalue weighted by Crippen LogP contribution is -2.34. The lowest BCUT2D eigenvalue weighted by molar-refractivity contribution is -0.130. The number of hydrogen-bond acceptors (Lipinski definition) is 5. The predicted molar refractivity (Wildman–Crippen MR) is 81.8 cm³/mol. The third-order valence-electron chi connectivity index (χ3n) is 2.91. The Morgan fingerprint density at radius 3 is 2.86 bits per heavy atom. The molecular formula is C14H18N2O4S.